The summed E-state index contributed by atoms with van der Waals surface area (Å²) in [7, 11) is 1.43. The van der Waals surface area contributed by atoms with E-state index in [1.165, 1.54) is 25.3 Å². The summed E-state index contributed by atoms with van der Waals surface area (Å²) in [5, 5.41) is 9.14. The van der Waals surface area contributed by atoms with Crippen LogP contribution in [0.5, 0.6) is 5.75 Å². The second-order valence-corrected chi connectivity index (χ2v) is 4.36. The van der Waals surface area contributed by atoms with Crippen LogP contribution in [0.1, 0.15) is 23.7 Å². The fourth-order valence-corrected chi connectivity index (χ4v) is 2.04. The van der Waals surface area contributed by atoms with Gasteiger partial charge in [0.25, 0.3) is 0 Å². The molecule has 1 saturated heterocycles. The Morgan fingerprint density at radius 2 is 2.11 bits per heavy atom. The largest absolute Gasteiger partial charge is 0.497 e. The van der Waals surface area contributed by atoms with Gasteiger partial charge in [-0.05, 0) is 12.1 Å². The lowest BCUT2D eigenvalue weighted by molar-refractivity contribution is -0.122. The second-order valence-electron chi connectivity index (χ2n) is 4.36. The number of hydrogen-bond donors (Lipinski definition) is 1. The van der Waals surface area contributed by atoms with Crippen molar-refractivity contribution in [2.45, 2.75) is 13.3 Å². The number of imide groups is 1. The first-order valence-corrected chi connectivity index (χ1v) is 5.74. The van der Waals surface area contributed by atoms with Crippen LogP contribution in [0.3, 0.4) is 0 Å². The van der Waals surface area contributed by atoms with Crippen molar-refractivity contribution in [1.82, 2.24) is 0 Å². The topological polar surface area (TPSA) is 83.9 Å². The van der Waals surface area contributed by atoms with E-state index in [4.69, 9.17) is 9.84 Å². The molecule has 19 heavy (non-hydrogen) atoms. The zero-order chi connectivity index (χ0) is 14.2. The molecular weight excluding hydrogens is 250 g/mol. The summed E-state index contributed by atoms with van der Waals surface area (Å²) >= 11 is 0. The van der Waals surface area contributed by atoms with E-state index in [1.54, 1.807) is 6.92 Å². The lowest BCUT2D eigenvalue weighted by Gasteiger charge is -2.17. The Morgan fingerprint density at radius 3 is 2.58 bits per heavy atom. The van der Waals surface area contributed by atoms with Crippen molar-refractivity contribution < 1.29 is 24.2 Å². The van der Waals surface area contributed by atoms with Crippen LogP contribution in [0, 0.1) is 5.92 Å². The minimum Gasteiger partial charge on any atom is -0.497 e. The predicted octanol–water partition coefficient (Wildman–Crippen LogP) is 1.29. The molecule has 0 bridgehead atoms. The Morgan fingerprint density at radius 1 is 1.42 bits per heavy atom. The van der Waals surface area contributed by atoms with Crippen LogP contribution in [-0.4, -0.2) is 30.0 Å². The maximum absolute atomic E-state index is 12.0. The molecule has 0 spiro atoms. The van der Waals surface area contributed by atoms with Gasteiger partial charge in [-0.15, -0.1) is 0 Å². The van der Waals surface area contributed by atoms with Gasteiger partial charge in [-0.2, -0.15) is 0 Å². The molecule has 2 rings (SSSR count). The molecule has 0 aliphatic carbocycles. The van der Waals surface area contributed by atoms with E-state index in [1.807, 2.05) is 0 Å². The molecule has 0 aromatic heterocycles. The summed E-state index contributed by atoms with van der Waals surface area (Å²) in [6, 6.07) is 4.18. The zero-order valence-corrected chi connectivity index (χ0v) is 10.5. The van der Waals surface area contributed by atoms with Crippen molar-refractivity contribution in [2.75, 3.05) is 12.0 Å². The summed E-state index contributed by atoms with van der Waals surface area (Å²) in [5.41, 5.74) is -0.0391. The van der Waals surface area contributed by atoms with Crippen molar-refractivity contribution >= 4 is 23.5 Å². The molecule has 1 atom stereocenters. The Hall–Kier alpha value is -2.37. The van der Waals surface area contributed by atoms with Gasteiger partial charge in [0, 0.05) is 18.4 Å². The van der Waals surface area contributed by atoms with Gasteiger partial charge in [0.2, 0.25) is 11.8 Å². The number of methoxy groups -OCH3 is 1. The molecule has 100 valence electrons. The van der Waals surface area contributed by atoms with E-state index < -0.39 is 17.8 Å². The SMILES string of the molecule is COc1ccc(C(=O)O)c(N2C(=O)CC(C)C2=O)c1. The van der Waals surface area contributed by atoms with Gasteiger partial charge in [-0.3, -0.25) is 9.59 Å². The average molecular weight is 263 g/mol. The third-order valence-corrected chi connectivity index (χ3v) is 3.05. The fourth-order valence-electron chi connectivity index (χ4n) is 2.04. The molecule has 0 radical (unpaired) electrons. The van der Waals surface area contributed by atoms with Crippen LogP contribution < -0.4 is 9.64 Å². The van der Waals surface area contributed by atoms with Crippen molar-refractivity contribution in [3.8, 4) is 5.75 Å². The molecule has 6 nitrogen and oxygen atoms in total. The predicted molar refractivity (Wildman–Crippen MR) is 66.2 cm³/mol. The number of aromatic carboxylic acids is 1. The standard InChI is InChI=1S/C13H13NO5/c1-7-5-11(15)14(12(7)16)10-6-8(19-2)3-4-9(10)13(17)18/h3-4,6-7H,5H2,1-2H3,(H,17,18). The molecular formula is C13H13NO5. The molecule has 2 amide bonds. The van der Waals surface area contributed by atoms with Crippen LogP contribution in [0.4, 0.5) is 5.69 Å². The monoisotopic (exact) mass is 263 g/mol. The summed E-state index contributed by atoms with van der Waals surface area (Å²) in [6.45, 7) is 1.64. The van der Waals surface area contributed by atoms with Crippen LogP contribution in [-0.2, 0) is 9.59 Å². The molecule has 1 aromatic carbocycles. The van der Waals surface area contributed by atoms with Gasteiger partial charge in [0.05, 0.1) is 18.4 Å². The second kappa shape index (κ2) is 4.72. The average Bonchev–Trinajstić information content (AvgIpc) is 2.62. The van der Waals surface area contributed by atoms with Crippen LogP contribution >= 0.6 is 0 Å². The third-order valence-electron chi connectivity index (χ3n) is 3.05. The van der Waals surface area contributed by atoms with Crippen LogP contribution in [0.2, 0.25) is 0 Å². The molecule has 1 aliphatic heterocycles. The van der Waals surface area contributed by atoms with Crippen LogP contribution in [0.25, 0.3) is 0 Å². The molecule has 6 heteroatoms. The number of amides is 2. The summed E-state index contributed by atoms with van der Waals surface area (Å²) in [6.07, 6.45) is 0.0924. The summed E-state index contributed by atoms with van der Waals surface area (Å²) in [4.78, 5) is 35.9. The number of benzene rings is 1. The first-order chi connectivity index (χ1) is 8.95. The zero-order valence-electron chi connectivity index (χ0n) is 10.5. The summed E-state index contributed by atoms with van der Waals surface area (Å²) < 4.78 is 5.00. The molecule has 1 N–H and O–H groups in total. The number of hydrogen-bond acceptors (Lipinski definition) is 4. The number of nitrogens with zero attached hydrogens (tertiary/aromatic N) is 1. The highest BCUT2D eigenvalue weighted by Gasteiger charge is 2.38. The van der Waals surface area contributed by atoms with E-state index in [0.29, 0.717) is 5.75 Å². The number of ether oxygens (including phenoxy) is 1. The fraction of sp³-hybridized carbons (Fsp3) is 0.308. The lowest BCUT2D eigenvalue weighted by atomic mass is 10.1. The molecule has 1 fully saturated rings. The van der Waals surface area contributed by atoms with Gasteiger partial charge in [-0.25, -0.2) is 9.69 Å². The first kappa shape index (κ1) is 13.1. The minimum atomic E-state index is -1.20. The lowest BCUT2D eigenvalue weighted by Crippen LogP contribution is -2.31. The Balaban J connectivity index is 2.56. The number of carbonyl (C=O) groups excluding carboxylic acids is 2. The van der Waals surface area contributed by atoms with Gasteiger partial charge < -0.3 is 9.84 Å². The van der Waals surface area contributed by atoms with Gasteiger partial charge >= 0.3 is 5.97 Å². The number of carbonyl (C=O) groups is 3. The number of anilines is 1. The van der Waals surface area contributed by atoms with E-state index in [0.717, 1.165) is 4.90 Å². The van der Waals surface area contributed by atoms with Crippen molar-refractivity contribution in [3.05, 3.63) is 23.8 Å². The first-order valence-electron chi connectivity index (χ1n) is 5.74. The Labute approximate surface area is 109 Å². The van der Waals surface area contributed by atoms with E-state index in [-0.39, 0.29) is 23.6 Å². The highest BCUT2D eigenvalue weighted by molar-refractivity contribution is 6.22. The van der Waals surface area contributed by atoms with E-state index in [2.05, 4.69) is 0 Å². The number of carboxylic acids is 1. The van der Waals surface area contributed by atoms with Crippen molar-refractivity contribution in [1.29, 1.82) is 0 Å². The quantitative estimate of drug-likeness (QED) is 0.831. The smallest absolute Gasteiger partial charge is 0.337 e. The van der Waals surface area contributed by atoms with Gasteiger partial charge in [0.1, 0.15) is 5.75 Å². The Bertz CT molecular complexity index is 566. The molecule has 1 aromatic rings. The third kappa shape index (κ3) is 2.16. The maximum Gasteiger partial charge on any atom is 0.337 e. The van der Waals surface area contributed by atoms with Crippen molar-refractivity contribution in [2.24, 2.45) is 5.92 Å². The summed E-state index contributed by atoms with van der Waals surface area (Å²) in [5.74, 6) is -2.02. The number of carboxylic acid groups (broad SMARTS) is 1. The molecule has 1 heterocycles. The maximum atomic E-state index is 12.0. The normalized spacial score (nSPS) is 18.8. The van der Waals surface area contributed by atoms with Gasteiger partial charge in [-0.1, -0.05) is 6.92 Å². The molecule has 1 unspecified atom stereocenters. The highest BCUT2D eigenvalue weighted by atomic mass is 16.5. The van der Waals surface area contributed by atoms with E-state index in [9.17, 15) is 14.4 Å². The van der Waals surface area contributed by atoms with E-state index >= 15 is 0 Å². The Kier molecular flexibility index (Phi) is 3.25. The van der Waals surface area contributed by atoms with Gasteiger partial charge in [0.15, 0.2) is 0 Å². The molecule has 0 saturated carbocycles. The van der Waals surface area contributed by atoms with Crippen molar-refractivity contribution in [3.63, 3.8) is 0 Å². The van der Waals surface area contributed by atoms with Crippen LogP contribution in [0.15, 0.2) is 18.2 Å². The molecule has 1 aliphatic rings. The highest BCUT2D eigenvalue weighted by Crippen LogP contribution is 2.32. The minimum absolute atomic E-state index is 0.0613. The number of rotatable bonds is 3.